The highest BCUT2D eigenvalue weighted by molar-refractivity contribution is 7.22. The van der Waals surface area contributed by atoms with Crippen molar-refractivity contribution in [1.82, 2.24) is 4.98 Å². The number of hydrazone groups is 1. The van der Waals surface area contributed by atoms with E-state index in [4.69, 9.17) is 11.6 Å². The van der Waals surface area contributed by atoms with Crippen LogP contribution in [0, 0.1) is 0 Å². The third-order valence-corrected chi connectivity index (χ3v) is 4.87. The molecule has 1 heterocycles. The predicted molar refractivity (Wildman–Crippen MR) is 106 cm³/mol. The molecule has 25 heavy (non-hydrogen) atoms. The summed E-state index contributed by atoms with van der Waals surface area (Å²) in [7, 11) is 0. The number of anilines is 2. The van der Waals surface area contributed by atoms with E-state index >= 15 is 0 Å². The lowest BCUT2D eigenvalue weighted by Crippen LogP contribution is -2.12. The molecule has 0 fully saturated rings. The third kappa shape index (κ3) is 4.15. The van der Waals surface area contributed by atoms with E-state index in [9.17, 15) is 4.79 Å². The van der Waals surface area contributed by atoms with Crippen molar-refractivity contribution in [2.45, 2.75) is 20.3 Å². The maximum atomic E-state index is 12.3. The Morgan fingerprint density at radius 2 is 2.08 bits per heavy atom. The summed E-state index contributed by atoms with van der Waals surface area (Å²) in [5.74, 6) is -0.240. The number of aromatic nitrogens is 1. The summed E-state index contributed by atoms with van der Waals surface area (Å²) in [6, 6.07) is 12.5. The first-order chi connectivity index (χ1) is 12.1. The van der Waals surface area contributed by atoms with Gasteiger partial charge >= 0.3 is 0 Å². The van der Waals surface area contributed by atoms with Crippen molar-refractivity contribution in [3.63, 3.8) is 0 Å². The molecule has 0 aliphatic heterocycles. The first kappa shape index (κ1) is 17.4. The largest absolute Gasteiger partial charge is 0.322 e. The lowest BCUT2D eigenvalue weighted by atomic mass is 10.2. The van der Waals surface area contributed by atoms with Crippen molar-refractivity contribution < 1.29 is 4.79 Å². The molecule has 1 aromatic heterocycles. The second-order valence-corrected chi connectivity index (χ2v) is 6.89. The molecule has 0 aliphatic rings. The number of hydrogen-bond donors (Lipinski definition) is 2. The second kappa shape index (κ2) is 7.63. The van der Waals surface area contributed by atoms with Gasteiger partial charge in [0.15, 0.2) is 0 Å². The molecule has 1 amide bonds. The Bertz CT molecular complexity index is 951. The number of amides is 1. The molecule has 0 radical (unpaired) electrons. The molecule has 2 aromatic carbocycles. The number of nitrogens with zero attached hydrogens (tertiary/aromatic N) is 2. The van der Waals surface area contributed by atoms with Crippen LogP contribution < -0.4 is 10.7 Å². The van der Waals surface area contributed by atoms with Gasteiger partial charge in [-0.2, -0.15) is 5.10 Å². The molecule has 3 aromatic rings. The van der Waals surface area contributed by atoms with Gasteiger partial charge in [0.2, 0.25) is 5.13 Å². The molecule has 0 spiro atoms. The molecule has 0 saturated heterocycles. The van der Waals surface area contributed by atoms with Crippen molar-refractivity contribution in [3.8, 4) is 0 Å². The normalized spacial score (nSPS) is 11.6. The molecule has 0 atom stereocenters. The maximum Gasteiger partial charge on any atom is 0.257 e. The highest BCUT2D eigenvalue weighted by Crippen LogP contribution is 2.29. The monoisotopic (exact) mass is 372 g/mol. The van der Waals surface area contributed by atoms with Gasteiger partial charge < -0.3 is 5.32 Å². The lowest BCUT2D eigenvalue weighted by molar-refractivity contribution is 0.102. The van der Waals surface area contributed by atoms with Crippen LogP contribution in [-0.4, -0.2) is 16.6 Å². The number of carbonyl (C=O) groups is 1. The molecular weight excluding hydrogens is 356 g/mol. The average molecular weight is 373 g/mol. The van der Waals surface area contributed by atoms with Gasteiger partial charge in [0.25, 0.3) is 5.91 Å². The molecule has 128 valence electrons. The van der Waals surface area contributed by atoms with E-state index in [2.05, 4.69) is 20.8 Å². The lowest BCUT2D eigenvalue weighted by Gasteiger charge is -2.06. The summed E-state index contributed by atoms with van der Waals surface area (Å²) in [6.07, 6.45) is 0.885. The van der Waals surface area contributed by atoms with Crippen LogP contribution in [0.25, 0.3) is 10.2 Å². The van der Waals surface area contributed by atoms with Crippen LogP contribution in [0.4, 0.5) is 10.8 Å². The van der Waals surface area contributed by atoms with Crippen LogP contribution in [0.3, 0.4) is 0 Å². The van der Waals surface area contributed by atoms with Gasteiger partial charge in [0.1, 0.15) is 0 Å². The Labute approximate surface area is 154 Å². The van der Waals surface area contributed by atoms with Gasteiger partial charge in [-0.25, -0.2) is 4.98 Å². The predicted octanol–water partition coefficient (Wildman–Crippen LogP) is 5.40. The van der Waals surface area contributed by atoms with E-state index in [0.717, 1.165) is 27.5 Å². The smallest absolute Gasteiger partial charge is 0.257 e. The fourth-order valence-electron chi connectivity index (χ4n) is 2.12. The highest BCUT2D eigenvalue weighted by atomic mass is 35.5. The maximum absolute atomic E-state index is 12.3. The number of benzene rings is 2. The Kier molecular flexibility index (Phi) is 5.31. The van der Waals surface area contributed by atoms with Crippen LogP contribution in [0.15, 0.2) is 47.6 Å². The fourth-order valence-corrected chi connectivity index (χ4v) is 3.19. The second-order valence-electron chi connectivity index (χ2n) is 5.45. The number of hydrogen-bond acceptors (Lipinski definition) is 5. The van der Waals surface area contributed by atoms with Crippen LogP contribution in [0.1, 0.15) is 30.6 Å². The van der Waals surface area contributed by atoms with Crippen LogP contribution in [0.2, 0.25) is 5.02 Å². The quantitative estimate of drug-likeness (QED) is 0.465. The van der Waals surface area contributed by atoms with Gasteiger partial charge in [-0.1, -0.05) is 42.0 Å². The van der Waals surface area contributed by atoms with Gasteiger partial charge in [0, 0.05) is 11.4 Å². The highest BCUT2D eigenvalue weighted by Gasteiger charge is 2.11. The molecule has 3 rings (SSSR count). The average Bonchev–Trinajstić information content (AvgIpc) is 3.02. The van der Waals surface area contributed by atoms with E-state index in [-0.39, 0.29) is 5.91 Å². The molecule has 7 heteroatoms. The third-order valence-electron chi connectivity index (χ3n) is 3.62. The minimum absolute atomic E-state index is 0.240. The summed E-state index contributed by atoms with van der Waals surface area (Å²) < 4.78 is 0.962. The minimum Gasteiger partial charge on any atom is -0.322 e. The number of rotatable bonds is 5. The zero-order chi connectivity index (χ0) is 17.8. The minimum atomic E-state index is -0.240. The van der Waals surface area contributed by atoms with Gasteiger partial charge in [-0.3, -0.25) is 10.2 Å². The molecule has 0 aliphatic carbocycles. The van der Waals surface area contributed by atoms with Crippen molar-refractivity contribution in [1.29, 1.82) is 0 Å². The summed E-state index contributed by atoms with van der Waals surface area (Å²) in [5, 5.41) is 8.27. The Morgan fingerprint density at radius 1 is 1.28 bits per heavy atom. The molecule has 0 bridgehead atoms. The van der Waals surface area contributed by atoms with E-state index in [1.54, 1.807) is 24.3 Å². The topological polar surface area (TPSA) is 66.4 Å². The first-order valence-corrected chi connectivity index (χ1v) is 9.02. The zero-order valence-electron chi connectivity index (χ0n) is 13.8. The van der Waals surface area contributed by atoms with Gasteiger partial charge in [-0.05, 0) is 43.7 Å². The van der Waals surface area contributed by atoms with E-state index in [1.807, 2.05) is 32.0 Å². The summed E-state index contributed by atoms with van der Waals surface area (Å²) in [4.78, 5) is 16.8. The first-order valence-electron chi connectivity index (χ1n) is 7.82. The standard InChI is InChI=1S/C18H17ClN4OS/c1-3-11(2)22-23-18-21-15-9-8-12(10-16(15)25-18)20-17(24)13-6-4-5-7-14(13)19/h4-10H,3H2,1-2H3,(H,20,24)(H,21,23)/b22-11+. The molecule has 2 N–H and O–H groups in total. The fraction of sp³-hybridized carbons (Fsp3) is 0.167. The van der Waals surface area contributed by atoms with Crippen LogP contribution >= 0.6 is 22.9 Å². The van der Waals surface area contributed by atoms with Crippen LogP contribution in [-0.2, 0) is 0 Å². The van der Waals surface area contributed by atoms with Gasteiger partial charge in [0.05, 0.1) is 20.8 Å². The number of fused-ring (bicyclic) bond motifs is 1. The van der Waals surface area contributed by atoms with Crippen molar-refractivity contribution >= 4 is 55.6 Å². The van der Waals surface area contributed by atoms with Crippen molar-refractivity contribution in [2.24, 2.45) is 5.10 Å². The zero-order valence-corrected chi connectivity index (χ0v) is 15.4. The van der Waals surface area contributed by atoms with E-state index in [1.165, 1.54) is 11.3 Å². The van der Waals surface area contributed by atoms with Crippen LogP contribution in [0.5, 0.6) is 0 Å². The number of nitrogens with one attached hydrogen (secondary N) is 2. The molecule has 0 unspecified atom stereocenters. The summed E-state index contributed by atoms with van der Waals surface area (Å²) in [5.41, 5.74) is 5.97. The van der Waals surface area contributed by atoms with Gasteiger partial charge in [-0.15, -0.1) is 0 Å². The number of halogens is 1. The Hall–Kier alpha value is -2.44. The summed E-state index contributed by atoms with van der Waals surface area (Å²) in [6.45, 7) is 4.01. The van der Waals surface area contributed by atoms with Crippen molar-refractivity contribution in [2.75, 3.05) is 10.7 Å². The number of carbonyl (C=O) groups excluding carboxylic acids is 1. The molecular formula is C18H17ClN4OS. The van der Waals surface area contributed by atoms with Crippen molar-refractivity contribution in [3.05, 3.63) is 53.1 Å². The Balaban J connectivity index is 1.79. The number of thiazole rings is 1. The van der Waals surface area contributed by atoms with E-state index < -0.39 is 0 Å². The summed E-state index contributed by atoms with van der Waals surface area (Å²) >= 11 is 7.55. The molecule has 5 nitrogen and oxygen atoms in total. The SMILES string of the molecule is CC/C(C)=N/Nc1nc2ccc(NC(=O)c3ccccc3Cl)cc2s1. The van der Waals surface area contributed by atoms with E-state index in [0.29, 0.717) is 16.3 Å². The Morgan fingerprint density at radius 3 is 2.84 bits per heavy atom. The molecule has 0 saturated carbocycles.